The van der Waals surface area contributed by atoms with E-state index < -0.39 is 0 Å². The molecule has 0 saturated heterocycles. The molecule has 0 atom stereocenters. The van der Waals surface area contributed by atoms with Gasteiger partial charge in [-0.3, -0.25) is 9.55 Å². The Morgan fingerprint density at radius 1 is 0.463 bits per heavy atom. The summed E-state index contributed by atoms with van der Waals surface area (Å²) in [4.78, 5) is 11.4. The smallest absolute Gasteiger partial charge is 0.148 e. The van der Waals surface area contributed by atoms with Crippen LogP contribution in [0.15, 0.2) is 146 Å². The fourth-order valence-corrected chi connectivity index (χ4v) is 11.6. The number of nitriles is 1. The number of rotatable bonds is 11. The minimum atomic E-state index is -0.368. The van der Waals surface area contributed by atoms with Gasteiger partial charge in [0.05, 0.1) is 50.8 Å². The fourth-order valence-electron chi connectivity index (χ4n) is 11.6. The van der Waals surface area contributed by atoms with Gasteiger partial charge in [-0.2, -0.15) is 5.26 Å². The van der Waals surface area contributed by atoms with Crippen molar-refractivity contribution < 1.29 is 26.2 Å². The molecule has 0 aliphatic rings. The van der Waals surface area contributed by atoms with Crippen LogP contribution < -0.4 is 0 Å². The molecule has 0 radical (unpaired) electrons. The molecule has 6 nitrogen and oxygen atoms in total. The van der Waals surface area contributed by atoms with E-state index in [-0.39, 0.29) is 66.7 Å². The third-order valence-electron chi connectivity index (χ3n) is 16.2. The number of imidazole rings is 2. The van der Waals surface area contributed by atoms with Crippen molar-refractivity contribution in [2.75, 3.05) is 0 Å². The zero-order valence-corrected chi connectivity index (χ0v) is 53.4. The standard InChI is InChI=1S/C75H80N5O.Pt/c1-44(2)58-37-51(49-25-20-18-21-26-49)38-59(45(3)4)68(58)79-65-30-24-29-57(67(65)78-72(79)62-41-56(74(12,13)14)42-63(70(62)81)75(15,16)17)53-34-54(36-55(35-53)73(9,10)11)71-77-64-32-31-48(43-76)33-66(64)80(71)69-60(46(5)6)39-52(40-61(69)47(7)8)50-27-22-19-23-28-50;/h18-33,35-42,44-47,81H,1-17H3;/q-1;. The number of nitrogens with zero attached hydrogens (tertiary/aromatic N) is 5. The molecule has 0 aliphatic heterocycles. The minimum Gasteiger partial charge on any atom is -0.507 e. The summed E-state index contributed by atoms with van der Waals surface area (Å²) < 4.78 is 4.69. The quantitative estimate of drug-likeness (QED) is 0.131. The van der Waals surface area contributed by atoms with Gasteiger partial charge < -0.3 is 9.67 Å². The molecular weight excluding hydrogens is 1180 g/mol. The molecule has 0 fully saturated rings. The van der Waals surface area contributed by atoms with Crippen molar-refractivity contribution in [1.29, 1.82) is 5.26 Å². The summed E-state index contributed by atoms with van der Waals surface area (Å²) in [6, 6.07) is 58.6. The molecule has 2 aromatic heterocycles. The molecule has 10 aromatic rings. The number of hydrogen-bond donors (Lipinski definition) is 1. The molecule has 2 heterocycles. The van der Waals surface area contributed by atoms with Gasteiger partial charge in [-0.15, -0.1) is 29.3 Å². The van der Waals surface area contributed by atoms with Crippen molar-refractivity contribution in [2.24, 2.45) is 0 Å². The predicted molar refractivity (Wildman–Crippen MR) is 341 cm³/mol. The maximum atomic E-state index is 12.9. The molecule has 10 rings (SSSR count). The van der Waals surface area contributed by atoms with Crippen LogP contribution in [0.1, 0.15) is 186 Å². The molecule has 82 heavy (non-hydrogen) atoms. The summed E-state index contributed by atoms with van der Waals surface area (Å²) in [7, 11) is 0. The largest absolute Gasteiger partial charge is 0.507 e. The normalized spacial score (nSPS) is 12.3. The van der Waals surface area contributed by atoms with E-state index in [0.717, 1.165) is 72.6 Å². The first kappa shape index (κ1) is 59.3. The van der Waals surface area contributed by atoms with Crippen LogP contribution in [0.4, 0.5) is 0 Å². The maximum absolute atomic E-state index is 12.9. The van der Waals surface area contributed by atoms with E-state index in [0.29, 0.717) is 17.0 Å². The van der Waals surface area contributed by atoms with Crippen molar-refractivity contribution >= 4 is 22.1 Å². The Labute approximate surface area is 502 Å². The Morgan fingerprint density at radius 2 is 0.939 bits per heavy atom. The molecule has 422 valence electrons. The van der Waals surface area contributed by atoms with Gasteiger partial charge in [0, 0.05) is 32.3 Å². The molecule has 0 unspecified atom stereocenters. The first-order chi connectivity index (χ1) is 38.2. The van der Waals surface area contributed by atoms with Gasteiger partial charge in [0.25, 0.3) is 0 Å². The van der Waals surface area contributed by atoms with E-state index in [9.17, 15) is 10.4 Å². The van der Waals surface area contributed by atoms with Crippen molar-refractivity contribution in [1.82, 2.24) is 19.1 Å². The van der Waals surface area contributed by atoms with Crippen molar-refractivity contribution in [2.45, 2.75) is 158 Å². The van der Waals surface area contributed by atoms with Crippen LogP contribution in [0.25, 0.3) is 89.6 Å². The monoisotopic (exact) mass is 1260 g/mol. The Bertz CT molecular complexity index is 4010. The fraction of sp³-hybridized carbons (Fsp3) is 0.320. The van der Waals surface area contributed by atoms with Crippen LogP contribution in [0.5, 0.6) is 5.75 Å². The number of phenolic OH excluding ortho intramolecular Hbond substituents is 1. The summed E-state index contributed by atoms with van der Waals surface area (Å²) in [5, 5.41) is 23.3. The first-order valence-electron chi connectivity index (χ1n) is 29.1. The maximum Gasteiger partial charge on any atom is 0.148 e. The number of aromatic nitrogens is 4. The van der Waals surface area contributed by atoms with Crippen LogP contribution >= 0.6 is 0 Å². The number of fused-ring (bicyclic) bond motifs is 2. The molecule has 0 saturated carbocycles. The van der Waals surface area contributed by atoms with Crippen molar-refractivity contribution in [3.63, 3.8) is 0 Å². The van der Waals surface area contributed by atoms with Crippen LogP contribution in [0.2, 0.25) is 0 Å². The van der Waals surface area contributed by atoms with Crippen molar-refractivity contribution in [3.05, 3.63) is 196 Å². The number of hydrogen-bond acceptors (Lipinski definition) is 4. The number of benzene rings is 8. The van der Waals surface area contributed by atoms with Crippen LogP contribution in [-0.4, -0.2) is 24.2 Å². The van der Waals surface area contributed by atoms with E-state index in [4.69, 9.17) is 9.97 Å². The molecule has 0 amide bonds. The number of phenols is 1. The Morgan fingerprint density at radius 3 is 1.40 bits per heavy atom. The van der Waals surface area contributed by atoms with Gasteiger partial charge in [0.2, 0.25) is 0 Å². The molecule has 0 aliphatic carbocycles. The van der Waals surface area contributed by atoms with E-state index in [2.05, 4.69) is 266 Å². The zero-order chi connectivity index (χ0) is 58.2. The topological polar surface area (TPSA) is 79.7 Å². The third kappa shape index (κ3) is 11.1. The van der Waals surface area contributed by atoms with Gasteiger partial charge in [0.1, 0.15) is 11.6 Å². The van der Waals surface area contributed by atoms with Crippen molar-refractivity contribution in [3.8, 4) is 79.3 Å². The molecule has 7 heteroatoms. The summed E-state index contributed by atoms with van der Waals surface area (Å²) in [5.41, 5.74) is 21.3. The molecule has 1 N–H and O–H groups in total. The van der Waals surface area contributed by atoms with E-state index >= 15 is 0 Å². The zero-order valence-electron chi connectivity index (χ0n) is 51.2. The second-order valence-corrected chi connectivity index (χ2v) is 26.8. The number of aromatic hydroxyl groups is 1. The van der Waals surface area contributed by atoms with Gasteiger partial charge in [0.15, 0.2) is 0 Å². The first-order valence-corrected chi connectivity index (χ1v) is 29.1. The summed E-state index contributed by atoms with van der Waals surface area (Å²) in [6.07, 6.45) is 0. The second-order valence-electron chi connectivity index (χ2n) is 26.8. The van der Waals surface area contributed by atoms with E-state index in [1.54, 1.807) is 0 Å². The predicted octanol–water partition coefficient (Wildman–Crippen LogP) is 20.5. The third-order valence-corrected chi connectivity index (χ3v) is 16.2. The Kier molecular flexibility index (Phi) is 16.2. The van der Waals surface area contributed by atoms with Crippen LogP contribution in [0, 0.1) is 17.4 Å². The average Bonchev–Trinajstić information content (AvgIpc) is 1.97. The van der Waals surface area contributed by atoms with E-state index in [1.807, 2.05) is 18.2 Å². The van der Waals surface area contributed by atoms with Gasteiger partial charge in [-0.25, -0.2) is 4.98 Å². The number of para-hydroxylation sites is 1. The SMILES string of the molecule is CC(C)c1cc(-c2ccccc2)cc(C(C)C)c1-n1c(-c2[c-]c(-c3cccc4c3nc(-c3cc(C(C)(C)C)cc(C(C)(C)C)c3O)n4-c3c(C(C)C)cc(-c4ccccc4)cc3C(C)C)cc(C(C)(C)C)c2)nc2ccc(C#N)cc21.[Pt]. The van der Waals surface area contributed by atoms with E-state index in [1.165, 1.54) is 44.5 Å². The molecule has 0 bridgehead atoms. The summed E-state index contributed by atoms with van der Waals surface area (Å²) in [6.45, 7) is 38.3. The Balaban J connectivity index is 0.00000810. The van der Waals surface area contributed by atoms with Crippen LogP contribution in [0.3, 0.4) is 0 Å². The minimum absolute atomic E-state index is 0. The average molecular weight is 1260 g/mol. The van der Waals surface area contributed by atoms with Gasteiger partial charge in [-0.1, -0.05) is 208 Å². The summed E-state index contributed by atoms with van der Waals surface area (Å²) >= 11 is 0. The summed E-state index contributed by atoms with van der Waals surface area (Å²) in [5.74, 6) is 2.26. The molecular formula is C75H80N5OPt-. The molecule has 8 aromatic carbocycles. The van der Waals surface area contributed by atoms with Gasteiger partial charge in [-0.05, 0) is 145 Å². The van der Waals surface area contributed by atoms with Gasteiger partial charge >= 0.3 is 0 Å². The Hall–Kier alpha value is -7.32. The van der Waals surface area contributed by atoms with Crippen LogP contribution in [-0.2, 0) is 37.3 Å². The molecule has 0 spiro atoms. The second kappa shape index (κ2) is 22.4.